The van der Waals surface area contributed by atoms with Gasteiger partial charge in [-0.1, -0.05) is 6.07 Å². The van der Waals surface area contributed by atoms with E-state index in [1.165, 1.54) is 11.3 Å². The molecule has 0 aliphatic heterocycles. The van der Waals surface area contributed by atoms with Gasteiger partial charge in [0.25, 0.3) is 10.0 Å². The third-order valence-corrected chi connectivity index (χ3v) is 5.26. The first-order valence-corrected chi connectivity index (χ1v) is 8.20. The summed E-state index contributed by atoms with van der Waals surface area (Å²) >= 11 is 1.25. The van der Waals surface area contributed by atoms with Gasteiger partial charge in [-0.3, -0.25) is 4.72 Å². The molecule has 1 heterocycles. The molecule has 1 atom stereocenters. The van der Waals surface area contributed by atoms with Crippen LogP contribution in [0.25, 0.3) is 0 Å². The van der Waals surface area contributed by atoms with Crippen LogP contribution >= 0.6 is 11.3 Å². The zero-order chi connectivity index (χ0) is 13.5. The van der Waals surface area contributed by atoms with Crippen LogP contribution in [0.3, 0.4) is 0 Å². The second kappa shape index (κ2) is 4.59. The highest BCUT2D eigenvalue weighted by Crippen LogP contribution is 2.25. The lowest BCUT2D eigenvalue weighted by Gasteiger charge is -2.07. The van der Waals surface area contributed by atoms with Gasteiger partial charge in [0.1, 0.15) is 0 Å². The Kier molecular flexibility index (Phi) is 3.04. The van der Waals surface area contributed by atoms with Crippen molar-refractivity contribution in [3.05, 3.63) is 40.9 Å². The number of hydrogen-bond acceptors (Lipinski definition) is 5. The second-order valence-electron chi connectivity index (χ2n) is 4.54. The van der Waals surface area contributed by atoms with Crippen molar-refractivity contribution in [2.45, 2.75) is 23.8 Å². The van der Waals surface area contributed by atoms with Crippen molar-refractivity contribution in [3.8, 4) is 0 Å². The molecule has 0 bridgehead atoms. The molecule has 0 fully saturated rings. The van der Waals surface area contributed by atoms with Gasteiger partial charge >= 0.3 is 0 Å². The first-order chi connectivity index (χ1) is 9.04. The maximum Gasteiger partial charge on any atom is 0.263 e. The molecule has 0 amide bonds. The minimum atomic E-state index is -3.57. The second-order valence-corrected chi connectivity index (χ2v) is 7.12. The van der Waals surface area contributed by atoms with E-state index >= 15 is 0 Å². The summed E-state index contributed by atoms with van der Waals surface area (Å²) in [6.45, 7) is 0. The first kappa shape index (κ1) is 12.6. The Hall–Kier alpha value is -1.44. The van der Waals surface area contributed by atoms with E-state index < -0.39 is 10.0 Å². The number of nitrogens with zero attached hydrogens (tertiary/aromatic N) is 1. The molecule has 1 unspecified atom stereocenters. The van der Waals surface area contributed by atoms with Gasteiger partial charge in [0.2, 0.25) is 0 Å². The number of thiazole rings is 1. The quantitative estimate of drug-likeness (QED) is 0.895. The zero-order valence-electron chi connectivity index (χ0n) is 10.0. The SMILES string of the molecule is NC1Cc2ccc(S(=O)(=O)Nc3nccs3)cc2C1. The molecule has 7 heteroatoms. The molecule has 2 aromatic rings. The minimum Gasteiger partial charge on any atom is -0.327 e. The van der Waals surface area contributed by atoms with Crippen molar-refractivity contribution in [1.29, 1.82) is 0 Å². The third-order valence-electron chi connectivity index (χ3n) is 3.11. The number of sulfonamides is 1. The van der Waals surface area contributed by atoms with Crippen molar-refractivity contribution < 1.29 is 8.42 Å². The van der Waals surface area contributed by atoms with Crippen LogP contribution < -0.4 is 10.5 Å². The van der Waals surface area contributed by atoms with Crippen molar-refractivity contribution in [2.75, 3.05) is 4.72 Å². The zero-order valence-corrected chi connectivity index (χ0v) is 11.7. The Labute approximate surface area is 115 Å². The number of nitrogens with one attached hydrogen (secondary N) is 1. The molecule has 3 rings (SSSR count). The molecule has 1 aliphatic rings. The summed E-state index contributed by atoms with van der Waals surface area (Å²) in [4.78, 5) is 4.18. The van der Waals surface area contributed by atoms with E-state index in [1.54, 1.807) is 23.7 Å². The maximum atomic E-state index is 12.2. The Balaban J connectivity index is 1.92. The summed E-state index contributed by atoms with van der Waals surface area (Å²) in [7, 11) is -3.57. The molecule has 1 aromatic carbocycles. The molecular formula is C12H13N3O2S2. The molecule has 100 valence electrons. The topological polar surface area (TPSA) is 85.1 Å². The van der Waals surface area contributed by atoms with Crippen LogP contribution in [0.2, 0.25) is 0 Å². The van der Waals surface area contributed by atoms with Crippen molar-refractivity contribution in [3.63, 3.8) is 0 Å². The van der Waals surface area contributed by atoms with Gasteiger partial charge in [0.05, 0.1) is 4.90 Å². The van der Waals surface area contributed by atoms with E-state index in [4.69, 9.17) is 5.73 Å². The highest BCUT2D eigenvalue weighted by molar-refractivity contribution is 7.93. The molecule has 1 aromatic heterocycles. The van der Waals surface area contributed by atoms with Gasteiger partial charge in [0.15, 0.2) is 5.13 Å². The Morgan fingerprint density at radius 1 is 1.32 bits per heavy atom. The van der Waals surface area contributed by atoms with Gasteiger partial charge in [-0.25, -0.2) is 13.4 Å². The van der Waals surface area contributed by atoms with E-state index in [0.717, 1.165) is 24.0 Å². The van der Waals surface area contributed by atoms with E-state index in [1.807, 2.05) is 6.07 Å². The highest BCUT2D eigenvalue weighted by Gasteiger charge is 2.22. The van der Waals surface area contributed by atoms with Gasteiger partial charge in [-0.2, -0.15) is 0 Å². The third kappa shape index (κ3) is 2.49. The number of rotatable bonds is 3. The molecule has 3 N–H and O–H groups in total. The summed E-state index contributed by atoms with van der Waals surface area (Å²) in [5, 5.41) is 2.09. The van der Waals surface area contributed by atoms with Gasteiger partial charge in [-0.05, 0) is 36.1 Å². The predicted molar refractivity (Wildman–Crippen MR) is 74.7 cm³/mol. The molecule has 0 saturated heterocycles. The maximum absolute atomic E-state index is 12.2. The van der Waals surface area contributed by atoms with Crippen LogP contribution in [0.1, 0.15) is 11.1 Å². The smallest absolute Gasteiger partial charge is 0.263 e. The normalized spacial score (nSPS) is 18.3. The number of nitrogens with two attached hydrogens (primary N) is 1. The standard InChI is InChI=1S/C12H13N3O2S2/c13-10-5-8-1-2-11(7-9(8)6-10)19(16,17)15-12-14-3-4-18-12/h1-4,7,10H,5-6,13H2,(H,14,15). The molecule has 0 spiro atoms. The van der Waals surface area contributed by atoms with Crippen molar-refractivity contribution in [2.24, 2.45) is 5.73 Å². The molecule has 0 radical (unpaired) electrons. The van der Waals surface area contributed by atoms with Crippen LogP contribution in [0.4, 0.5) is 5.13 Å². The summed E-state index contributed by atoms with van der Waals surface area (Å²) in [5.74, 6) is 0. The lowest BCUT2D eigenvalue weighted by Crippen LogP contribution is -2.19. The average Bonchev–Trinajstić information content (AvgIpc) is 2.95. The fourth-order valence-electron chi connectivity index (χ4n) is 2.24. The number of anilines is 1. The average molecular weight is 295 g/mol. The van der Waals surface area contributed by atoms with Gasteiger partial charge in [0, 0.05) is 17.6 Å². The predicted octanol–water partition coefficient (Wildman–Crippen LogP) is 1.37. The molecule has 0 saturated carbocycles. The first-order valence-electron chi connectivity index (χ1n) is 5.84. The van der Waals surface area contributed by atoms with E-state index in [2.05, 4.69) is 9.71 Å². The molecular weight excluding hydrogens is 282 g/mol. The van der Waals surface area contributed by atoms with Crippen LogP contribution in [0, 0.1) is 0 Å². The van der Waals surface area contributed by atoms with E-state index in [0.29, 0.717) is 5.13 Å². The van der Waals surface area contributed by atoms with Crippen LogP contribution in [0.15, 0.2) is 34.7 Å². The summed E-state index contributed by atoms with van der Waals surface area (Å²) < 4.78 is 26.9. The lowest BCUT2D eigenvalue weighted by atomic mass is 10.1. The number of fused-ring (bicyclic) bond motifs is 1. The summed E-state index contributed by atoms with van der Waals surface area (Å²) in [6, 6.07) is 5.27. The highest BCUT2D eigenvalue weighted by atomic mass is 32.2. The number of aromatic nitrogens is 1. The molecule has 19 heavy (non-hydrogen) atoms. The Morgan fingerprint density at radius 3 is 2.84 bits per heavy atom. The molecule has 1 aliphatic carbocycles. The minimum absolute atomic E-state index is 0.0971. The summed E-state index contributed by atoms with van der Waals surface area (Å²) in [5.41, 5.74) is 8.04. The van der Waals surface area contributed by atoms with E-state index in [9.17, 15) is 8.42 Å². The monoisotopic (exact) mass is 295 g/mol. The summed E-state index contributed by atoms with van der Waals surface area (Å²) in [6.07, 6.45) is 3.11. The van der Waals surface area contributed by atoms with Gasteiger partial charge in [-0.15, -0.1) is 11.3 Å². The molecule has 5 nitrogen and oxygen atoms in total. The number of benzene rings is 1. The van der Waals surface area contributed by atoms with Crippen LogP contribution in [-0.2, 0) is 22.9 Å². The van der Waals surface area contributed by atoms with Crippen LogP contribution in [-0.4, -0.2) is 19.4 Å². The lowest BCUT2D eigenvalue weighted by molar-refractivity contribution is 0.601. The van der Waals surface area contributed by atoms with Crippen molar-refractivity contribution in [1.82, 2.24) is 4.98 Å². The van der Waals surface area contributed by atoms with E-state index in [-0.39, 0.29) is 10.9 Å². The fourth-order valence-corrected chi connectivity index (χ4v) is 4.08. The fraction of sp³-hybridized carbons (Fsp3) is 0.250. The van der Waals surface area contributed by atoms with Crippen LogP contribution in [0.5, 0.6) is 0 Å². The largest absolute Gasteiger partial charge is 0.327 e. The van der Waals surface area contributed by atoms with Gasteiger partial charge < -0.3 is 5.73 Å². The number of hydrogen-bond donors (Lipinski definition) is 2. The Bertz CT molecular complexity index is 696. The van der Waals surface area contributed by atoms with Crippen molar-refractivity contribution >= 4 is 26.5 Å². The Morgan fingerprint density at radius 2 is 2.11 bits per heavy atom.